The summed E-state index contributed by atoms with van der Waals surface area (Å²) < 4.78 is 2.10. The van der Waals surface area contributed by atoms with Crippen molar-refractivity contribution in [3.05, 3.63) is 48.0 Å². The molecule has 1 aromatic heterocycles. The Morgan fingerprint density at radius 3 is 2.62 bits per heavy atom. The SMILES string of the molecule is CCn1cnc(CN2CCN(c3ccccc3)C2=O)c1C. The summed E-state index contributed by atoms with van der Waals surface area (Å²) in [4.78, 5) is 20.6. The fourth-order valence-electron chi connectivity index (χ4n) is 2.72. The van der Waals surface area contributed by atoms with Gasteiger partial charge in [0, 0.05) is 31.0 Å². The number of hydrogen-bond acceptors (Lipinski definition) is 2. The Morgan fingerprint density at radius 2 is 1.95 bits per heavy atom. The molecule has 1 aliphatic heterocycles. The minimum Gasteiger partial charge on any atom is -0.335 e. The summed E-state index contributed by atoms with van der Waals surface area (Å²) in [5, 5.41) is 0. The smallest absolute Gasteiger partial charge is 0.324 e. The number of aromatic nitrogens is 2. The molecule has 110 valence electrons. The first-order chi connectivity index (χ1) is 10.2. The molecule has 2 aromatic rings. The molecule has 0 atom stereocenters. The van der Waals surface area contributed by atoms with Gasteiger partial charge in [-0.15, -0.1) is 0 Å². The number of imidazole rings is 1. The lowest BCUT2D eigenvalue weighted by molar-refractivity contribution is 0.218. The Morgan fingerprint density at radius 1 is 1.19 bits per heavy atom. The van der Waals surface area contributed by atoms with E-state index in [4.69, 9.17) is 0 Å². The number of nitrogens with zero attached hydrogens (tertiary/aromatic N) is 4. The van der Waals surface area contributed by atoms with Crippen LogP contribution in [0.5, 0.6) is 0 Å². The predicted molar refractivity (Wildman–Crippen MR) is 82.2 cm³/mol. The van der Waals surface area contributed by atoms with Crippen LogP contribution >= 0.6 is 0 Å². The van der Waals surface area contributed by atoms with Crippen LogP contribution in [-0.4, -0.2) is 33.6 Å². The zero-order valence-electron chi connectivity index (χ0n) is 12.5. The molecule has 0 N–H and O–H groups in total. The van der Waals surface area contributed by atoms with E-state index in [9.17, 15) is 4.79 Å². The Balaban J connectivity index is 1.73. The average molecular weight is 284 g/mol. The van der Waals surface area contributed by atoms with Gasteiger partial charge >= 0.3 is 6.03 Å². The number of rotatable bonds is 4. The van der Waals surface area contributed by atoms with E-state index in [0.29, 0.717) is 6.54 Å². The molecule has 0 saturated carbocycles. The molecule has 2 heterocycles. The van der Waals surface area contributed by atoms with Gasteiger partial charge in [-0.2, -0.15) is 0 Å². The van der Waals surface area contributed by atoms with Gasteiger partial charge in [0.05, 0.1) is 18.6 Å². The molecular formula is C16H20N4O. The minimum atomic E-state index is 0.0617. The molecule has 3 rings (SSSR count). The highest BCUT2D eigenvalue weighted by Crippen LogP contribution is 2.21. The summed E-state index contributed by atoms with van der Waals surface area (Å²) in [6.45, 7) is 7.12. The highest BCUT2D eigenvalue weighted by molar-refractivity contribution is 5.94. The van der Waals surface area contributed by atoms with Gasteiger partial charge in [-0.25, -0.2) is 9.78 Å². The molecule has 5 heteroatoms. The van der Waals surface area contributed by atoms with Crippen LogP contribution in [-0.2, 0) is 13.1 Å². The molecule has 0 radical (unpaired) electrons. The monoisotopic (exact) mass is 284 g/mol. The van der Waals surface area contributed by atoms with Crippen molar-refractivity contribution in [2.45, 2.75) is 26.9 Å². The highest BCUT2D eigenvalue weighted by Gasteiger charge is 2.30. The van der Waals surface area contributed by atoms with Crippen molar-refractivity contribution in [1.82, 2.24) is 14.5 Å². The molecule has 2 amide bonds. The van der Waals surface area contributed by atoms with Crippen LogP contribution < -0.4 is 4.90 Å². The molecule has 0 unspecified atom stereocenters. The second-order valence-electron chi connectivity index (χ2n) is 5.25. The summed E-state index contributed by atoms with van der Waals surface area (Å²) >= 11 is 0. The molecule has 21 heavy (non-hydrogen) atoms. The van der Waals surface area contributed by atoms with E-state index in [2.05, 4.69) is 23.4 Å². The Bertz CT molecular complexity index is 635. The molecule has 1 fully saturated rings. The van der Waals surface area contributed by atoms with E-state index in [1.807, 2.05) is 46.5 Å². The van der Waals surface area contributed by atoms with Crippen LogP contribution in [0.1, 0.15) is 18.3 Å². The maximum atomic E-state index is 12.5. The number of carbonyl (C=O) groups is 1. The molecule has 5 nitrogen and oxygen atoms in total. The van der Waals surface area contributed by atoms with Gasteiger partial charge in [0.1, 0.15) is 0 Å². The number of anilines is 1. The molecule has 1 saturated heterocycles. The minimum absolute atomic E-state index is 0.0617. The van der Waals surface area contributed by atoms with E-state index in [1.54, 1.807) is 0 Å². The number of amides is 2. The van der Waals surface area contributed by atoms with E-state index in [1.165, 1.54) is 0 Å². The topological polar surface area (TPSA) is 41.4 Å². The number of hydrogen-bond donors (Lipinski definition) is 0. The third kappa shape index (κ3) is 2.51. The molecule has 0 aliphatic carbocycles. The zero-order valence-corrected chi connectivity index (χ0v) is 12.5. The van der Waals surface area contributed by atoms with Crippen LogP contribution in [0, 0.1) is 6.92 Å². The Kier molecular flexibility index (Phi) is 3.64. The first-order valence-corrected chi connectivity index (χ1v) is 7.32. The van der Waals surface area contributed by atoms with Crippen LogP contribution in [0.15, 0.2) is 36.7 Å². The van der Waals surface area contributed by atoms with Crippen molar-refractivity contribution < 1.29 is 4.79 Å². The quantitative estimate of drug-likeness (QED) is 0.866. The summed E-state index contributed by atoms with van der Waals surface area (Å²) in [6, 6.07) is 9.88. The summed E-state index contributed by atoms with van der Waals surface area (Å²) in [5.74, 6) is 0. The zero-order chi connectivity index (χ0) is 14.8. The lowest BCUT2D eigenvalue weighted by atomic mass is 10.3. The first kappa shape index (κ1) is 13.7. The Hall–Kier alpha value is -2.30. The fraction of sp³-hybridized carbons (Fsp3) is 0.375. The third-order valence-corrected chi connectivity index (χ3v) is 4.05. The van der Waals surface area contributed by atoms with Crippen LogP contribution in [0.25, 0.3) is 0 Å². The first-order valence-electron chi connectivity index (χ1n) is 7.32. The third-order valence-electron chi connectivity index (χ3n) is 4.05. The highest BCUT2D eigenvalue weighted by atomic mass is 16.2. The van der Waals surface area contributed by atoms with E-state index in [-0.39, 0.29) is 6.03 Å². The largest absolute Gasteiger partial charge is 0.335 e. The summed E-state index contributed by atoms with van der Waals surface area (Å²) in [6.07, 6.45) is 1.85. The van der Waals surface area contributed by atoms with Crippen molar-refractivity contribution in [3.8, 4) is 0 Å². The van der Waals surface area contributed by atoms with Gasteiger partial charge in [-0.05, 0) is 26.0 Å². The van der Waals surface area contributed by atoms with Crippen molar-refractivity contribution in [1.29, 1.82) is 0 Å². The normalized spacial score (nSPS) is 15.0. The van der Waals surface area contributed by atoms with Crippen LogP contribution in [0.3, 0.4) is 0 Å². The standard InChI is InChI=1S/C16H20N4O/c1-3-18-12-17-15(13(18)2)11-19-9-10-20(16(19)21)14-7-5-4-6-8-14/h4-8,12H,3,9-11H2,1-2H3. The van der Waals surface area contributed by atoms with Crippen molar-refractivity contribution in [3.63, 3.8) is 0 Å². The van der Waals surface area contributed by atoms with Gasteiger partial charge in [-0.1, -0.05) is 18.2 Å². The van der Waals surface area contributed by atoms with E-state index >= 15 is 0 Å². The number of para-hydroxylation sites is 1. The van der Waals surface area contributed by atoms with Gasteiger partial charge in [0.25, 0.3) is 0 Å². The second-order valence-corrected chi connectivity index (χ2v) is 5.25. The fourth-order valence-corrected chi connectivity index (χ4v) is 2.72. The van der Waals surface area contributed by atoms with Crippen molar-refractivity contribution >= 4 is 11.7 Å². The van der Waals surface area contributed by atoms with E-state index < -0.39 is 0 Å². The van der Waals surface area contributed by atoms with E-state index in [0.717, 1.165) is 36.7 Å². The van der Waals surface area contributed by atoms with Gasteiger partial charge in [0.15, 0.2) is 0 Å². The molecule has 1 aromatic carbocycles. The number of benzene rings is 1. The molecule has 0 bridgehead atoms. The lowest BCUT2D eigenvalue weighted by Gasteiger charge is -2.18. The molecule has 1 aliphatic rings. The van der Waals surface area contributed by atoms with Gasteiger partial charge < -0.3 is 9.47 Å². The number of urea groups is 1. The lowest BCUT2D eigenvalue weighted by Crippen LogP contribution is -2.31. The predicted octanol–water partition coefficient (Wildman–Crippen LogP) is 2.65. The number of aryl methyl sites for hydroxylation is 1. The molecule has 0 spiro atoms. The van der Waals surface area contributed by atoms with Crippen molar-refractivity contribution in [2.75, 3.05) is 18.0 Å². The maximum absolute atomic E-state index is 12.5. The number of carbonyl (C=O) groups excluding carboxylic acids is 1. The van der Waals surface area contributed by atoms with Crippen molar-refractivity contribution in [2.24, 2.45) is 0 Å². The van der Waals surface area contributed by atoms with Crippen LogP contribution in [0.4, 0.5) is 10.5 Å². The maximum Gasteiger partial charge on any atom is 0.324 e. The summed E-state index contributed by atoms with van der Waals surface area (Å²) in [5.41, 5.74) is 3.09. The van der Waals surface area contributed by atoms with Gasteiger partial charge in [0.2, 0.25) is 0 Å². The van der Waals surface area contributed by atoms with Crippen LogP contribution in [0.2, 0.25) is 0 Å². The average Bonchev–Trinajstić information content (AvgIpc) is 3.05. The second kappa shape index (κ2) is 5.60. The van der Waals surface area contributed by atoms with Gasteiger partial charge in [-0.3, -0.25) is 4.90 Å². The molecular weight excluding hydrogens is 264 g/mol. The Labute approximate surface area is 124 Å². The summed E-state index contributed by atoms with van der Waals surface area (Å²) in [7, 11) is 0.